The third kappa shape index (κ3) is 4.92. The van der Waals surface area contributed by atoms with Crippen LogP contribution in [0.5, 0.6) is 5.75 Å². The summed E-state index contributed by atoms with van der Waals surface area (Å²) in [5.41, 5.74) is 0.0843. The van der Waals surface area contributed by atoms with Gasteiger partial charge in [0.05, 0.1) is 24.7 Å². The summed E-state index contributed by atoms with van der Waals surface area (Å²) in [5.74, 6) is 0.342. The number of carbonyl (C=O) groups excluding carboxylic acids is 2. The van der Waals surface area contributed by atoms with Crippen molar-refractivity contribution in [3.63, 3.8) is 0 Å². The minimum Gasteiger partial charge on any atom is -0.496 e. The van der Waals surface area contributed by atoms with Crippen LogP contribution in [0.15, 0.2) is 24.3 Å². The van der Waals surface area contributed by atoms with Crippen LogP contribution in [0.1, 0.15) is 69.9 Å². The summed E-state index contributed by atoms with van der Waals surface area (Å²) in [7, 11) is 1.62. The first-order chi connectivity index (χ1) is 14.0. The van der Waals surface area contributed by atoms with E-state index in [9.17, 15) is 14.7 Å². The van der Waals surface area contributed by atoms with E-state index >= 15 is 0 Å². The Bertz CT molecular complexity index is 715. The van der Waals surface area contributed by atoms with Gasteiger partial charge in [0, 0.05) is 25.1 Å². The number of hydrogen-bond donors (Lipinski definition) is 2. The second-order valence-electron chi connectivity index (χ2n) is 8.42. The number of piperidine rings is 1. The molecular formula is C23H34N2O4. The fourth-order valence-corrected chi connectivity index (χ4v) is 4.71. The number of hydrogen-bond acceptors (Lipinski definition) is 4. The normalized spacial score (nSPS) is 23.8. The van der Waals surface area contributed by atoms with Crippen molar-refractivity contribution in [3.05, 3.63) is 29.8 Å². The van der Waals surface area contributed by atoms with Crippen LogP contribution in [0.25, 0.3) is 0 Å². The second-order valence-corrected chi connectivity index (χ2v) is 8.42. The summed E-state index contributed by atoms with van der Waals surface area (Å²) in [4.78, 5) is 27.8. The Labute approximate surface area is 173 Å². The molecule has 29 heavy (non-hydrogen) atoms. The lowest BCUT2D eigenvalue weighted by molar-refractivity contribution is -0.144. The predicted molar refractivity (Wildman–Crippen MR) is 112 cm³/mol. The molecule has 0 spiro atoms. The number of carbonyl (C=O) groups is 2. The number of likely N-dealkylation sites (tertiary alicyclic amines) is 1. The molecule has 1 heterocycles. The minimum absolute atomic E-state index is 0.0878. The lowest BCUT2D eigenvalue weighted by atomic mass is 9.82. The van der Waals surface area contributed by atoms with Crippen LogP contribution >= 0.6 is 0 Å². The number of rotatable bonds is 8. The van der Waals surface area contributed by atoms with Gasteiger partial charge in [-0.25, -0.2) is 0 Å². The maximum Gasteiger partial charge on any atom is 0.225 e. The Kier molecular flexibility index (Phi) is 7.17. The number of ether oxygens (including phenoxy) is 1. The van der Waals surface area contributed by atoms with E-state index in [4.69, 9.17) is 4.74 Å². The zero-order valence-corrected chi connectivity index (χ0v) is 17.7. The van der Waals surface area contributed by atoms with Crippen molar-refractivity contribution in [2.45, 2.75) is 69.9 Å². The lowest BCUT2D eigenvalue weighted by Gasteiger charge is -2.41. The maximum absolute atomic E-state index is 13.2. The number of benzene rings is 1. The quantitative estimate of drug-likeness (QED) is 0.700. The van der Waals surface area contributed by atoms with Crippen molar-refractivity contribution in [1.29, 1.82) is 0 Å². The van der Waals surface area contributed by atoms with Gasteiger partial charge in [-0.2, -0.15) is 0 Å². The van der Waals surface area contributed by atoms with Crippen molar-refractivity contribution in [1.82, 2.24) is 10.2 Å². The van der Waals surface area contributed by atoms with Gasteiger partial charge in [0.1, 0.15) is 5.75 Å². The zero-order valence-electron chi connectivity index (χ0n) is 17.7. The molecule has 1 aromatic carbocycles. The van der Waals surface area contributed by atoms with Crippen molar-refractivity contribution in [2.75, 3.05) is 20.2 Å². The number of nitrogens with zero attached hydrogens (tertiary/aromatic N) is 1. The Morgan fingerprint density at radius 1 is 1.31 bits per heavy atom. The monoisotopic (exact) mass is 402 g/mol. The van der Waals surface area contributed by atoms with Crippen LogP contribution in [-0.4, -0.2) is 47.6 Å². The number of nitrogens with one attached hydrogen (secondary N) is 1. The molecule has 6 heteroatoms. The molecule has 3 rings (SSSR count). The highest BCUT2D eigenvalue weighted by molar-refractivity contribution is 5.85. The SMILES string of the molecule is CCCCN1C(=O)CC[C@@H](C(=O)NCC2(O)CCCC2)[C@H]1c1ccccc1OC. The summed E-state index contributed by atoms with van der Waals surface area (Å²) in [5, 5.41) is 13.6. The van der Waals surface area contributed by atoms with E-state index in [1.54, 1.807) is 7.11 Å². The van der Waals surface area contributed by atoms with Crippen LogP contribution in [0.3, 0.4) is 0 Å². The molecule has 2 N–H and O–H groups in total. The fourth-order valence-electron chi connectivity index (χ4n) is 4.71. The molecule has 1 saturated carbocycles. The fraction of sp³-hybridized carbons (Fsp3) is 0.652. The van der Waals surface area contributed by atoms with Gasteiger partial charge in [0.2, 0.25) is 11.8 Å². The summed E-state index contributed by atoms with van der Waals surface area (Å²) < 4.78 is 5.56. The largest absolute Gasteiger partial charge is 0.496 e. The van der Waals surface area contributed by atoms with Gasteiger partial charge < -0.3 is 20.1 Å². The van der Waals surface area contributed by atoms with Crippen LogP contribution in [0.2, 0.25) is 0 Å². The van der Waals surface area contributed by atoms with Gasteiger partial charge in [0.25, 0.3) is 0 Å². The van der Waals surface area contributed by atoms with Crippen molar-refractivity contribution in [2.24, 2.45) is 5.92 Å². The predicted octanol–water partition coefficient (Wildman–Crippen LogP) is 3.20. The third-order valence-electron chi connectivity index (χ3n) is 6.38. The van der Waals surface area contributed by atoms with Gasteiger partial charge in [-0.05, 0) is 31.7 Å². The molecule has 160 valence electrons. The highest BCUT2D eigenvalue weighted by Crippen LogP contribution is 2.41. The Balaban J connectivity index is 1.86. The van der Waals surface area contributed by atoms with Crippen molar-refractivity contribution >= 4 is 11.8 Å². The number of aliphatic hydroxyl groups is 1. The van der Waals surface area contributed by atoms with E-state index in [0.717, 1.165) is 44.1 Å². The van der Waals surface area contributed by atoms with E-state index in [-0.39, 0.29) is 30.3 Å². The lowest BCUT2D eigenvalue weighted by Crippen LogP contribution is -2.50. The minimum atomic E-state index is -0.790. The van der Waals surface area contributed by atoms with Crippen LogP contribution < -0.4 is 10.1 Å². The van der Waals surface area contributed by atoms with Gasteiger partial charge in [-0.1, -0.05) is 44.4 Å². The third-order valence-corrected chi connectivity index (χ3v) is 6.38. The number of para-hydroxylation sites is 1. The van der Waals surface area contributed by atoms with E-state index in [1.165, 1.54) is 0 Å². The van der Waals surface area contributed by atoms with Crippen molar-refractivity contribution < 1.29 is 19.4 Å². The second kappa shape index (κ2) is 9.61. The molecule has 2 aliphatic rings. The van der Waals surface area contributed by atoms with Crippen LogP contribution in [0.4, 0.5) is 0 Å². The number of methoxy groups -OCH3 is 1. The highest BCUT2D eigenvalue weighted by atomic mass is 16.5. The topological polar surface area (TPSA) is 78.9 Å². The summed E-state index contributed by atoms with van der Waals surface area (Å²) in [6.45, 7) is 3.01. The number of unbranched alkanes of at least 4 members (excludes halogenated alkanes) is 1. The average molecular weight is 403 g/mol. The Morgan fingerprint density at radius 2 is 2.03 bits per heavy atom. The molecule has 1 aromatic rings. The molecule has 2 atom stereocenters. The van der Waals surface area contributed by atoms with Crippen LogP contribution in [0, 0.1) is 5.92 Å². The van der Waals surface area contributed by atoms with Gasteiger partial charge >= 0.3 is 0 Å². The summed E-state index contributed by atoms with van der Waals surface area (Å²) in [6, 6.07) is 7.30. The van der Waals surface area contributed by atoms with Gasteiger partial charge in [0.15, 0.2) is 0 Å². The van der Waals surface area contributed by atoms with Gasteiger partial charge in [-0.15, -0.1) is 0 Å². The molecule has 0 aromatic heterocycles. The molecule has 0 bridgehead atoms. The molecule has 1 saturated heterocycles. The molecule has 0 unspecified atom stereocenters. The average Bonchev–Trinajstić information content (AvgIpc) is 3.17. The summed E-state index contributed by atoms with van der Waals surface area (Å²) >= 11 is 0. The first-order valence-corrected chi connectivity index (χ1v) is 10.9. The molecule has 2 amide bonds. The molecule has 1 aliphatic heterocycles. The first kappa shape index (κ1) is 21.6. The Morgan fingerprint density at radius 3 is 2.72 bits per heavy atom. The highest BCUT2D eigenvalue weighted by Gasteiger charge is 2.42. The summed E-state index contributed by atoms with van der Waals surface area (Å²) in [6.07, 6.45) is 6.21. The molecule has 1 aliphatic carbocycles. The maximum atomic E-state index is 13.2. The molecule has 2 fully saturated rings. The smallest absolute Gasteiger partial charge is 0.225 e. The first-order valence-electron chi connectivity index (χ1n) is 10.9. The van der Waals surface area contributed by atoms with Crippen molar-refractivity contribution in [3.8, 4) is 5.75 Å². The van der Waals surface area contributed by atoms with E-state index in [1.807, 2.05) is 29.2 Å². The standard InChI is InChI=1S/C23H34N2O4/c1-3-4-15-25-20(26)12-11-18(21(25)17-9-5-6-10-19(17)29-2)22(27)24-16-23(28)13-7-8-14-23/h5-6,9-10,18,21,28H,3-4,7-8,11-16H2,1-2H3,(H,24,27)/t18-,21-/m1/s1. The Hall–Kier alpha value is -2.08. The van der Waals surface area contributed by atoms with E-state index in [0.29, 0.717) is 25.1 Å². The molecular weight excluding hydrogens is 368 g/mol. The van der Waals surface area contributed by atoms with Gasteiger partial charge in [-0.3, -0.25) is 9.59 Å². The van der Waals surface area contributed by atoms with E-state index < -0.39 is 5.60 Å². The number of amides is 2. The molecule has 6 nitrogen and oxygen atoms in total. The molecule has 0 radical (unpaired) electrons. The van der Waals surface area contributed by atoms with E-state index in [2.05, 4.69) is 12.2 Å². The van der Waals surface area contributed by atoms with Crippen LogP contribution in [-0.2, 0) is 9.59 Å². The zero-order chi connectivity index (χ0) is 20.9.